The quantitative estimate of drug-likeness (QED) is 0.162. The van der Waals surface area contributed by atoms with Crippen molar-refractivity contribution in [3.05, 3.63) is 84.9 Å². The van der Waals surface area contributed by atoms with E-state index in [0.717, 1.165) is 32.7 Å². The maximum atomic E-state index is 10.4. The van der Waals surface area contributed by atoms with Gasteiger partial charge in [-0.25, -0.2) is 29.9 Å². The van der Waals surface area contributed by atoms with E-state index in [1.165, 1.54) is 12.1 Å². The van der Waals surface area contributed by atoms with Gasteiger partial charge in [0.25, 0.3) is 0 Å². The molecule has 10 nitrogen and oxygen atoms in total. The van der Waals surface area contributed by atoms with Gasteiger partial charge in [-0.2, -0.15) is 0 Å². The third-order valence-electron chi connectivity index (χ3n) is 7.65. The molecular formula is C32H18N8O2. The van der Waals surface area contributed by atoms with Crippen LogP contribution >= 0.6 is 0 Å². The first-order valence-corrected chi connectivity index (χ1v) is 13.3. The number of rotatable bonds is 0. The van der Waals surface area contributed by atoms with E-state index in [1.807, 2.05) is 72.8 Å². The van der Waals surface area contributed by atoms with Crippen molar-refractivity contribution < 1.29 is 10.2 Å². The molecule has 0 atom stereocenters. The van der Waals surface area contributed by atoms with E-state index in [4.69, 9.17) is 29.9 Å². The molecule has 0 radical (unpaired) electrons. The van der Waals surface area contributed by atoms with Crippen LogP contribution in [0.3, 0.4) is 0 Å². The van der Waals surface area contributed by atoms with Gasteiger partial charge in [0, 0.05) is 43.8 Å². The van der Waals surface area contributed by atoms with E-state index in [1.54, 1.807) is 0 Å². The third-order valence-corrected chi connectivity index (χ3v) is 7.65. The van der Waals surface area contributed by atoms with Crippen molar-refractivity contribution in [1.82, 2.24) is 39.9 Å². The largest absolute Gasteiger partial charge is 0.504 e. The van der Waals surface area contributed by atoms with Gasteiger partial charge in [0.2, 0.25) is 0 Å². The van der Waals surface area contributed by atoms with Gasteiger partial charge >= 0.3 is 0 Å². The predicted molar refractivity (Wildman–Crippen MR) is 159 cm³/mol. The molecule has 2 aliphatic heterocycles. The van der Waals surface area contributed by atoms with Crippen molar-refractivity contribution >= 4 is 44.1 Å². The summed E-state index contributed by atoms with van der Waals surface area (Å²) < 4.78 is 0. The van der Waals surface area contributed by atoms with Gasteiger partial charge in [0.15, 0.2) is 34.8 Å². The standard InChI is InChI=1S/C32H18N8O2/c41-23-13-21-22(14-24(23)42)32-39-30-20-12-6-4-10-18(20)28(37-30)35-26-16-8-2-1-7-15(16)25(33-26)34-27-17-9-3-5-11-19(17)29(36-27)38-31(21)40-32/h1-14,41-42H,(H2,33,34,35,36,37,38,39,40). The van der Waals surface area contributed by atoms with Crippen LogP contribution in [0, 0.1) is 0 Å². The number of H-pyrrole nitrogens is 2. The van der Waals surface area contributed by atoms with Crippen LogP contribution in [0.15, 0.2) is 84.9 Å². The van der Waals surface area contributed by atoms with Gasteiger partial charge in [0.1, 0.15) is 22.6 Å². The second-order valence-corrected chi connectivity index (χ2v) is 10.1. The normalized spacial score (nSPS) is 12.0. The Kier molecular flexibility index (Phi) is 4.41. The maximum absolute atomic E-state index is 10.4. The van der Waals surface area contributed by atoms with Crippen LogP contribution in [0.1, 0.15) is 0 Å². The van der Waals surface area contributed by atoms with E-state index in [-0.39, 0.29) is 11.5 Å². The molecular weight excluding hydrogens is 528 g/mol. The van der Waals surface area contributed by atoms with Crippen molar-refractivity contribution in [2.45, 2.75) is 0 Å². The molecule has 7 aromatic rings. The van der Waals surface area contributed by atoms with E-state index in [9.17, 15) is 10.2 Å². The maximum Gasteiger partial charge on any atom is 0.164 e. The summed E-state index contributed by atoms with van der Waals surface area (Å²) in [4.78, 5) is 36.1. The molecule has 0 aliphatic carbocycles. The highest BCUT2D eigenvalue weighted by Crippen LogP contribution is 2.41. The van der Waals surface area contributed by atoms with Gasteiger partial charge in [0.05, 0.1) is 0 Å². The van der Waals surface area contributed by atoms with Gasteiger partial charge in [-0.1, -0.05) is 72.8 Å². The topological polar surface area (TPSA) is 149 Å². The molecule has 0 amide bonds. The first-order chi connectivity index (χ1) is 20.6. The van der Waals surface area contributed by atoms with Gasteiger partial charge in [-0.05, 0) is 12.1 Å². The lowest BCUT2D eigenvalue weighted by molar-refractivity contribution is 0.404. The van der Waals surface area contributed by atoms with E-state index in [2.05, 4.69) is 9.97 Å². The number of nitrogens with one attached hydrogen (secondary N) is 2. The first kappa shape index (κ1) is 22.6. The molecule has 8 bridgehead atoms. The van der Waals surface area contributed by atoms with Crippen LogP contribution in [0.4, 0.5) is 0 Å². The fraction of sp³-hybridized carbons (Fsp3) is 0. The van der Waals surface area contributed by atoms with E-state index >= 15 is 0 Å². The van der Waals surface area contributed by atoms with Crippen LogP contribution in [0.25, 0.3) is 89.7 Å². The second-order valence-electron chi connectivity index (χ2n) is 10.1. The molecule has 4 aromatic carbocycles. The highest BCUT2D eigenvalue weighted by molar-refractivity contribution is 6.06. The summed E-state index contributed by atoms with van der Waals surface area (Å²) in [6.07, 6.45) is 0. The molecule has 0 fully saturated rings. The molecule has 198 valence electrons. The predicted octanol–water partition coefficient (Wildman–Crippen LogP) is 6.28. The highest BCUT2D eigenvalue weighted by Gasteiger charge is 2.23. The van der Waals surface area contributed by atoms with E-state index in [0.29, 0.717) is 57.0 Å². The average molecular weight is 547 g/mol. The Bertz CT molecular complexity index is 2300. The number of phenols is 2. The zero-order valence-corrected chi connectivity index (χ0v) is 21.7. The molecule has 4 N–H and O–H groups in total. The van der Waals surface area contributed by atoms with Crippen LogP contribution < -0.4 is 0 Å². The summed E-state index contributed by atoms with van der Waals surface area (Å²) in [6, 6.07) is 26.4. The number of aromatic hydroxyl groups is 2. The van der Waals surface area contributed by atoms with Gasteiger partial charge < -0.3 is 20.2 Å². The summed E-state index contributed by atoms with van der Waals surface area (Å²) in [7, 11) is 0. The monoisotopic (exact) mass is 546 g/mol. The summed E-state index contributed by atoms with van der Waals surface area (Å²) in [5, 5.41) is 24.2. The lowest BCUT2D eigenvalue weighted by atomic mass is 10.1. The SMILES string of the molecule is Oc1cc2c(cc1O)-c1nc-2nc2[nH]c(nc3nc(nc4[nH]c(n1)c1ccccc41)-c1ccccc1-3)c1ccccc21. The Morgan fingerprint density at radius 2 is 0.690 bits per heavy atom. The highest BCUT2D eigenvalue weighted by atomic mass is 16.3. The Balaban J connectivity index is 1.51. The van der Waals surface area contributed by atoms with Crippen molar-refractivity contribution in [2.24, 2.45) is 0 Å². The van der Waals surface area contributed by atoms with Crippen molar-refractivity contribution in [1.29, 1.82) is 0 Å². The van der Waals surface area contributed by atoms with Crippen LogP contribution in [0.2, 0.25) is 0 Å². The zero-order chi connectivity index (χ0) is 27.9. The molecule has 10 heteroatoms. The Hall–Kier alpha value is -6.16. The van der Waals surface area contributed by atoms with Gasteiger partial charge in [-0.15, -0.1) is 0 Å². The van der Waals surface area contributed by atoms with E-state index < -0.39 is 0 Å². The average Bonchev–Trinajstić information content (AvgIpc) is 3.73. The fourth-order valence-corrected chi connectivity index (χ4v) is 5.66. The first-order valence-electron chi connectivity index (χ1n) is 13.3. The lowest BCUT2D eigenvalue weighted by Crippen LogP contribution is -1.83. The van der Waals surface area contributed by atoms with Gasteiger partial charge in [-0.3, -0.25) is 0 Å². The number of hydrogen-bond acceptors (Lipinski definition) is 8. The zero-order valence-electron chi connectivity index (χ0n) is 21.7. The second kappa shape index (κ2) is 8.18. The number of hydrogen-bond donors (Lipinski definition) is 4. The third kappa shape index (κ3) is 3.20. The lowest BCUT2D eigenvalue weighted by Gasteiger charge is -2.02. The van der Waals surface area contributed by atoms with Crippen molar-refractivity contribution in [3.8, 4) is 57.1 Å². The summed E-state index contributed by atoms with van der Waals surface area (Å²) in [6.45, 7) is 0. The molecule has 42 heavy (non-hydrogen) atoms. The van der Waals surface area contributed by atoms with Crippen LogP contribution in [-0.2, 0) is 0 Å². The van der Waals surface area contributed by atoms with Crippen molar-refractivity contribution in [3.63, 3.8) is 0 Å². The molecule has 3 aromatic heterocycles. The number of aromatic nitrogens is 8. The number of phenolic OH excluding ortho intramolecular Hbond substituents is 2. The number of aromatic amines is 2. The summed E-state index contributed by atoms with van der Waals surface area (Å²) in [5.41, 5.74) is 5.12. The Morgan fingerprint density at radius 3 is 1.05 bits per heavy atom. The van der Waals surface area contributed by atoms with Crippen molar-refractivity contribution in [2.75, 3.05) is 0 Å². The summed E-state index contributed by atoms with van der Waals surface area (Å²) in [5.74, 6) is 1.21. The smallest absolute Gasteiger partial charge is 0.164 e. The minimum absolute atomic E-state index is 0.271. The molecule has 0 saturated carbocycles. The number of nitrogens with zero attached hydrogens (tertiary/aromatic N) is 6. The summed E-state index contributed by atoms with van der Waals surface area (Å²) >= 11 is 0. The molecule has 2 aliphatic rings. The van der Waals surface area contributed by atoms with Crippen LogP contribution in [0.5, 0.6) is 11.5 Å². The molecule has 9 rings (SSSR count). The molecule has 0 unspecified atom stereocenters. The number of benzene rings is 4. The number of fused-ring (bicyclic) bond motifs is 20. The Morgan fingerprint density at radius 1 is 0.381 bits per heavy atom. The molecule has 0 spiro atoms. The fourth-order valence-electron chi connectivity index (χ4n) is 5.66. The van der Waals surface area contributed by atoms with Crippen LogP contribution in [-0.4, -0.2) is 50.1 Å². The minimum Gasteiger partial charge on any atom is -0.504 e. The minimum atomic E-state index is -0.271. The molecule has 0 saturated heterocycles. The Labute approximate surface area is 236 Å². The molecule has 5 heterocycles.